The maximum absolute atomic E-state index is 12.6. The molecule has 0 aromatic heterocycles. The van der Waals surface area contributed by atoms with Crippen LogP contribution in [0.4, 0.5) is 0 Å². The molecule has 0 bridgehead atoms. The van der Waals surface area contributed by atoms with Crippen LogP contribution < -0.4 is 0 Å². The van der Waals surface area contributed by atoms with Crippen molar-refractivity contribution in [3.63, 3.8) is 0 Å². The predicted molar refractivity (Wildman–Crippen MR) is 64.2 cm³/mol. The highest BCUT2D eigenvalue weighted by Crippen LogP contribution is 2.55. The number of hydrogen-bond acceptors (Lipinski definition) is 3. The maximum Gasteiger partial charge on any atom is 0.208 e. The second kappa shape index (κ2) is 3.56. The van der Waals surface area contributed by atoms with E-state index in [0.29, 0.717) is 11.3 Å². The maximum atomic E-state index is 12.6. The first-order valence-corrected chi connectivity index (χ1v) is 7.52. The van der Waals surface area contributed by atoms with Crippen LogP contribution in [-0.2, 0) is 14.6 Å². The van der Waals surface area contributed by atoms with Gasteiger partial charge in [-0.1, -0.05) is 18.2 Å². The second-order valence-corrected chi connectivity index (χ2v) is 7.20. The molecule has 17 heavy (non-hydrogen) atoms. The molecule has 1 heterocycles. The van der Waals surface area contributed by atoms with Gasteiger partial charge in [0.2, 0.25) is 9.84 Å². The number of benzene rings is 1. The van der Waals surface area contributed by atoms with Crippen molar-refractivity contribution in [3.8, 4) is 0 Å². The minimum atomic E-state index is -3.36. The Balaban J connectivity index is 2.05. The molecule has 1 aliphatic carbocycles. The second-order valence-electron chi connectivity index (χ2n) is 5.03. The van der Waals surface area contributed by atoms with Gasteiger partial charge in [-0.05, 0) is 38.3 Å². The van der Waals surface area contributed by atoms with E-state index in [4.69, 9.17) is 4.74 Å². The van der Waals surface area contributed by atoms with E-state index in [0.717, 1.165) is 12.8 Å². The van der Waals surface area contributed by atoms with Crippen molar-refractivity contribution < 1.29 is 13.2 Å². The van der Waals surface area contributed by atoms with Gasteiger partial charge in [0.1, 0.15) is 0 Å². The van der Waals surface area contributed by atoms with Gasteiger partial charge in [0.05, 0.1) is 11.0 Å². The minimum absolute atomic E-state index is 0.0565. The van der Waals surface area contributed by atoms with E-state index in [-0.39, 0.29) is 12.0 Å². The fraction of sp³-hybridized carbons (Fsp3) is 0.538. The van der Waals surface area contributed by atoms with Crippen LogP contribution in [0.15, 0.2) is 35.2 Å². The molecule has 0 amide bonds. The fourth-order valence-corrected chi connectivity index (χ4v) is 5.29. The normalized spacial score (nSPS) is 36.3. The molecule has 1 aromatic carbocycles. The summed E-state index contributed by atoms with van der Waals surface area (Å²) in [7, 11) is -3.36. The van der Waals surface area contributed by atoms with Crippen molar-refractivity contribution in [2.24, 2.45) is 5.92 Å². The van der Waals surface area contributed by atoms with Gasteiger partial charge in [-0.25, -0.2) is 8.42 Å². The molecule has 4 heteroatoms. The number of hydrogen-bond donors (Lipinski definition) is 0. The van der Waals surface area contributed by atoms with Crippen molar-refractivity contribution in [1.29, 1.82) is 0 Å². The van der Waals surface area contributed by atoms with E-state index in [1.807, 2.05) is 13.0 Å². The molecular weight excluding hydrogens is 236 g/mol. The Labute approximate surface area is 102 Å². The van der Waals surface area contributed by atoms with Gasteiger partial charge < -0.3 is 4.74 Å². The SMILES string of the molecule is C[C@@H]1C[C@H]2CC[C@@]2(S(=O)(=O)c2ccccc2)O1. The highest BCUT2D eigenvalue weighted by molar-refractivity contribution is 7.92. The summed E-state index contributed by atoms with van der Waals surface area (Å²) in [4.78, 5) is -0.535. The smallest absolute Gasteiger partial charge is 0.208 e. The summed E-state index contributed by atoms with van der Waals surface area (Å²) in [5, 5.41) is 0. The first-order chi connectivity index (χ1) is 8.06. The van der Waals surface area contributed by atoms with Crippen LogP contribution in [0.1, 0.15) is 26.2 Å². The summed E-state index contributed by atoms with van der Waals surface area (Å²) in [5.74, 6) is 0.183. The molecule has 0 unspecified atom stereocenters. The van der Waals surface area contributed by atoms with Crippen LogP contribution >= 0.6 is 0 Å². The van der Waals surface area contributed by atoms with Crippen LogP contribution in [0.5, 0.6) is 0 Å². The van der Waals surface area contributed by atoms with E-state index in [9.17, 15) is 8.42 Å². The quantitative estimate of drug-likeness (QED) is 0.811. The Morgan fingerprint density at radius 2 is 2.00 bits per heavy atom. The highest BCUT2D eigenvalue weighted by Gasteiger charge is 2.62. The topological polar surface area (TPSA) is 43.4 Å². The number of sulfone groups is 1. The Morgan fingerprint density at radius 1 is 1.29 bits per heavy atom. The van der Waals surface area contributed by atoms with E-state index in [2.05, 4.69) is 0 Å². The Bertz CT molecular complexity index is 523. The molecule has 2 fully saturated rings. The van der Waals surface area contributed by atoms with E-state index in [1.165, 1.54) is 0 Å². The van der Waals surface area contributed by atoms with Crippen LogP contribution in [0, 0.1) is 5.92 Å². The van der Waals surface area contributed by atoms with Crippen molar-refractivity contribution in [1.82, 2.24) is 0 Å². The van der Waals surface area contributed by atoms with Crippen LogP contribution in [0.3, 0.4) is 0 Å². The third-order valence-corrected chi connectivity index (χ3v) is 6.42. The molecule has 0 spiro atoms. The van der Waals surface area contributed by atoms with Gasteiger partial charge in [0.15, 0.2) is 4.93 Å². The standard InChI is InChI=1S/C13H16O3S/c1-10-9-11-7-8-13(11,16-10)17(14,15)12-5-3-2-4-6-12/h2-6,10-11H,7-9H2,1H3/t10-,11-,13+/m1/s1. The number of rotatable bonds is 2. The molecule has 1 saturated heterocycles. The van der Waals surface area contributed by atoms with Crippen LogP contribution in [0.25, 0.3) is 0 Å². The molecule has 1 aromatic rings. The zero-order valence-electron chi connectivity index (χ0n) is 9.80. The molecule has 92 valence electrons. The third-order valence-electron chi connectivity index (χ3n) is 3.99. The molecule has 2 aliphatic rings. The van der Waals surface area contributed by atoms with Crippen molar-refractivity contribution in [2.75, 3.05) is 0 Å². The lowest BCUT2D eigenvalue weighted by Crippen LogP contribution is -2.51. The van der Waals surface area contributed by atoms with Gasteiger partial charge in [-0.2, -0.15) is 0 Å². The third kappa shape index (κ3) is 1.40. The molecule has 3 nitrogen and oxygen atoms in total. The van der Waals surface area contributed by atoms with Gasteiger partial charge in [0, 0.05) is 5.92 Å². The molecule has 0 N–H and O–H groups in total. The van der Waals surface area contributed by atoms with Gasteiger partial charge in [-0.3, -0.25) is 0 Å². The summed E-state index contributed by atoms with van der Waals surface area (Å²) in [6.45, 7) is 1.96. The molecule has 1 aliphatic heterocycles. The fourth-order valence-electron chi connectivity index (χ4n) is 3.04. The Kier molecular flexibility index (Phi) is 2.35. The molecule has 1 saturated carbocycles. The zero-order chi connectivity index (χ0) is 12.1. The lowest BCUT2D eigenvalue weighted by molar-refractivity contribution is -0.0355. The molecule has 0 radical (unpaired) electrons. The van der Waals surface area contributed by atoms with Crippen molar-refractivity contribution >= 4 is 9.84 Å². The highest BCUT2D eigenvalue weighted by atomic mass is 32.2. The summed E-state index contributed by atoms with van der Waals surface area (Å²) in [6, 6.07) is 8.66. The van der Waals surface area contributed by atoms with Gasteiger partial charge in [0.25, 0.3) is 0 Å². The summed E-state index contributed by atoms with van der Waals surface area (Å²) in [5.41, 5.74) is 0. The Hall–Kier alpha value is -0.870. The zero-order valence-corrected chi connectivity index (χ0v) is 10.6. The largest absolute Gasteiger partial charge is 0.355 e. The van der Waals surface area contributed by atoms with Gasteiger partial charge >= 0.3 is 0 Å². The van der Waals surface area contributed by atoms with Crippen LogP contribution in [-0.4, -0.2) is 19.5 Å². The average Bonchev–Trinajstić information content (AvgIpc) is 2.54. The molecule has 3 atom stereocenters. The van der Waals surface area contributed by atoms with Crippen molar-refractivity contribution in [2.45, 2.75) is 42.1 Å². The summed E-state index contributed by atoms with van der Waals surface area (Å²) < 4.78 is 31.1. The van der Waals surface area contributed by atoms with Gasteiger partial charge in [-0.15, -0.1) is 0 Å². The number of fused-ring (bicyclic) bond motifs is 1. The minimum Gasteiger partial charge on any atom is -0.355 e. The summed E-state index contributed by atoms with van der Waals surface area (Å²) in [6.07, 6.45) is 2.53. The number of ether oxygens (including phenoxy) is 1. The molecular formula is C13H16O3S. The summed E-state index contributed by atoms with van der Waals surface area (Å²) >= 11 is 0. The average molecular weight is 252 g/mol. The Morgan fingerprint density at radius 3 is 2.53 bits per heavy atom. The lowest BCUT2D eigenvalue weighted by atomic mass is 9.80. The van der Waals surface area contributed by atoms with E-state index >= 15 is 0 Å². The predicted octanol–water partition coefficient (Wildman–Crippen LogP) is 2.38. The monoisotopic (exact) mass is 252 g/mol. The van der Waals surface area contributed by atoms with Crippen LogP contribution in [0.2, 0.25) is 0 Å². The lowest BCUT2D eigenvalue weighted by Gasteiger charge is -2.42. The van der Waals surface area contributed by atoms with Crippen molar-refractivity contribution in [3.05, 3.63) is 30.3 Å². The van der Waals surface area contributed by atoms with E-state index < -0.39 is 14.8 Å². The first kappa shape index (κ1) is 11.2. The first-order valence-electron chi connectivity index (χ1n) is 6.04. The van der Waals surface area contributed by atoms with E-state index in [1.54, 1.807) is 24.3 Å². The molecule has 3 rings (SSSR count).